The number of nitrogens with zero attached hydrogens (tertiary/aromatic N) is 1. The quantitative estimate of drug-likeness (QED) is 0.810. The largest absolute Gasteiger partial charge is 0.496 e. The van der Waals surface area contributed by atoms with Crippen molar-refractivity contribution >= 4 is 29.0 Å². The summed E-state index contributed by atoms with van der Waals surface area (Å²) >= 11 is 6.16. The summed E-state index contributed by atoms with van der Waals surface area (Å²) in [5.41, 5.74) is 1.57. The van der Waals surface area contributed by atoms with Gasteiger partial charge in [0.25, 0.3) is 11.8 Å². The van der Waals surface area contributed by atoms with E-state index in [9.17, 15) is 9.59 Å². The Hall–Kier alpha value is -2.59. The third-order valence-electron chi connectivity index (χ3n) is 3.67. The minimum Gasteiger partial charge on any atom is -0.496 e. The maximum absolute atomic E-state index is 12.7. The Kier molecular flexibility index (Phi) is 4.17. The molecule has 2 aromatic carbocycles. The summed E-state index contributed by atoms with van der Waals surface area (Å²) in [7, 11) is 1.51. The van der Waals surface area contributed by atoms with Crippen LogP contribution in [0.1, 0.15) is 11.1 Å². The highest BCUT2D eigenvalue weighted by Crippen LogP contribution is 2.36. The number of para-hydroxylation sites is 1. The van der Waals surface area contributed by atoms with E-state index in [0.29, 0.717) is 11.3 Å². The number of benzene rings is 2. The smallest absolute Gasteiger partial charge is 0.273 e. The highest BCUT2D eigenvalue weighted by molar-refractivity contribution is 6.55. The van der Waals surface area contributed by atoms with Crippen molar-refractivity contribution in [2.75, 3.05) is 7.11 Å². The summed E-state index contributed by atoms with van der Waals surface area (Å²) in [5, 5.41) is -0.0737. The number of hydrogen-bond donors (Lipinski definition) is 0. The SMILES string of the molecule is COc1ccccc1C1=C(Cl)C(=O)N(Cc2ccccc2)C1=O. The van der Waals surface area contributed by atoms with Gasteiger partial charge in [0.1, 0.15) is 10.8 Å². The highest BCUT2D eigenvalue weighted by atomic mass is 35.5. The van der Waals surface area contributed by atoms with Gasteiger partial charge in [0.2, 0.25) is 0 Å². The van der Waals surface area contributed by atoms with Crippen LogP contribution in [0.2, 0.25) is 0 Å². The van der Waals surface area contributed by atoms with Crippen molar-refractivity contribution in [1.82, 2.24) is 4.90 Å². The molecule has 2 amide bonds. The number of ether oxygens (including phenoxy) is 1. The summed E-state index contributed by atoms with van der Waals surface area (Å²) < 4.78 is 5.27. The van der Waals surface area contributed by atoms with Gasteiger partial charge in [-0.15, -0.1) is 0 Å². The molecule has 3 rings (SSSR count). The molecule has 0 bridgehead atoms. The first-order chi connectivity index (χ1) is 11.1. The second kappa shape index (κ2) is 6.26. The van der Waals surface area contributed by atoms with Crippen LogP contribution in [0.25, 0.3) is 5.57 Å². The number of halogens is 1. The minimum absolute atomic E-state index is 0.0737. The van der Waals surface area contributed by atoms with Crippen LogP contribution in [-0.4, -0.2) is 23.8 Å². The summed E-state index contributed by atoms with van der Waals surface area (Å²) in [4.78, 5) is 26.2. The van der Waals surface area contributed by atoms with E-state index in [1.54, 1.807) is 24.3 Å². The van der Waals surface area contributed by atoms with Crippen LogP contribution in [0.15, 0.2) is 59.6 Å². The third-order valence-corrected chi connectivity index (χ3v) is 4.02. The Bertz CT molecular complexity index is 799. The molecular formula is C18H14ClNO3. The summed E-state index contributed by atoms with van der Waals surface area (Å²) in [6.07, 6.45) is 0. The van der Waals surface area contributed by atoms with Crippen LogP contribution in [0.3, 0.4) is 0 Å². The normalized spacial score (nSPS) is 14.6. The Balaban J connectivity index is 1.97. The average molecular weight is 328 g/mol. The summed E-state index contributed by atoms with van der Waals surface area (Å²) in [6, 6.07) is 16.3. The van der Waals surface area contributed by atoms with Crippen molar-refractivity contribution in [3.63, 3.8) is 0 Å². The number of methoxy groups -OCH3 is 1. The fraction of sp³-hybridized carbons (Fsp3) is 0.111. The van der Waals surface area contributed by atoms with Crippen molar-refractivity contribution in [1.29, 1.82) is 0 Å². The molecule has 1 aliphatic rings. The fourth-order valence-electron chi connectivity index (χ4n) is 2.54. The number of carbonyl (C=O) groups is 2. The molecule has 0 fully saturated rings. The van der Waals surface area contributed by atoms with E-state index in [0.717, 1.165) is 10.5 Å². The molecule has 2 aromatic rings. The minimum atomic E-state index is -0.485. The first kappa shape index (κ1) is 15.3. The van der Waals surface area contributed by atoms with Gasteiger partial charge in [-0.25, -0.2) is 0 Å². The average Bonchev–Trinajstić information content (AvgIpc) is 2.79. The molecule has 0 radical (unpaired) electrons. The standard InChI is InChI=1S/C18H14ClNO3/c1-23-14-10-6-5-9-13(14)15-16(19)18(22)20(17(15)21)11-12-7-3-2-4-8-12/h2-10H,11H2,1H3. The number of hydrogen-bond acceptors (Lipinski definition) is 3. The lowest BCUT2D eigenvalue weighted by Gasteiger charge is -2.15. The van der Waals surface area contributed by atoms with Gasteiger partial charge in [-0.2, -0.15) is 0 Å². The molecule has 0 spiro atoms. The van der Waals surface area contributed by atoms with Crippen molar-refractivity contribution < 1.29 is 14.3 Å². The zero-order chi connectivity index (χ0) is 16.4. The molecule has 4 nitrogen and oxygen atoms in total. The van der Waals surface area contributed by atoms with Gasteiger partial charge in [0.15, 0.2) is 0 Å². The Morgan fingerprint density at radius 2 is 1.61 bits per heavy atom. The van der Waals surface area contributed by atoms with E-state index in [2.05, 4.69) is 0 Å². The molecule has 1 aliphatic heterocycles. The van der Waals surface area contributed by atoms with E-state index in [1.165, 1.54) is 7.11 Å². The summed E-state index contributed by atoms with van der Waals surface area (Å²) in [5.74, 6) is -0.391. The zero-order valence-electron chi connectivity index (χ0n) is 12.5. The lowest BCUT2D eigenvalue weighted by atomic mass is 10.0. The molecule has 0 N–H and O–H groups in total. The van der Waals surface area contributed by atoms with Crippen LogP contribution in [0, 0.1) is 0 Å². The summed E-state index contributed by atoms with van der Waals surface area (Å²) in [6.45, 7) is 0.188. The van der Waals surface area contributed by atoms with E-state index >= 15 is 0 Å². The molecule has 116 valence electrons. The second-order valence-electron chi connectivity index (χ2n) is 5.07. The molecule has 0 saturated carbocycles. The lowest BCUT2D eigenvalue weighted by molar-refractivity contribution is -0.137. The van der Waals surface area contributed by atoms with Crippen molar-refractivity contribution in [3.8, 4) is 5.75 Å². The lowest BCUT2D eigenvalue weighted by Crippen LogP contribution is -2.30. The van der Waals surface area contributed by atoms with Crippen molar-refractivity contribution in [2.45, 2.75) is 6.54 Å². The number of imide groups is 1. The third kappa shape index (κ3) is 2.73. The van der Waals surface area contributed by atoms with Gasteiger partial charge >= 0.3 is 0 Å². The highest BCUT2D eigenvalue weighted by Gasteiger charge is 2.39. The molecule has 0 aromatic heterocycles. The number of carbonyl (C=O) groups excluding carboxylic acids is 2. The van der Waals surface area contributed by atoms with Gasteiger partial charge in [0.05, 0.1) is 19.2 Å². The zero-order valence-corrected chi connectivity index (χ0v) is 13.2. The first-order valence-electron chi connectivity index (χ1n) is 7.06. The first-order valence-corrected chi connectivity index (χ1v) is 7.44. The Labute approximate surface area is 138 Å². The fourth-order valence-corrected chi connectivity index (χ4v) is 2.83. The van der Waals surface area contributed by atoms with E-state index in [-0.39, 0.29) is 17.2 Å². The van der Waals surface area contributed by atoms with E-state index in [1.807, 2.05) is 30.3 Å². The molecule has 0 aliphatic carbocycles. The van der Waals surface area contributed by atoms with Gasteiger partial charge in [0, 0.05) is 5.56 Å². The van der Waals surface area contributed by atoms with Gasteiger partial charge in [-0.3, -0.25) is 14.5 Å². The van der Waals surface area contributed by atoms with Crippen LogP contribution in [-0.2, 0) is 16.1 Å². The topological polar surface area (TPSA) is 46.6 Å². The van der Waals surface area contributed by atoms with Gasteiger partial charge < -0.3 is 4.74 Å². The monoisotopic (exact) mass is 327 g/mol. The van der Waals surface area contributed by atoms with Gasteiger partial charge in [-0.05, 0) is 11.6 Å². The molecule has 0 saturated heterocycles. The van der Waals surface area contributed by atoms with E-state index < -0.39 is 11.8 Å². The maximum atomic E-state index is 12.7. The van der Waals surface area contributed by atoms with Crippen LogP contribution in [0.4, 0.5) is 0 Å². The Morgan fingerprint density at radius 1 is 0.957 bits per heavy atom. The van der Waals surface area contributed by atoms with E-state index in [4.69, 9.17) is 16.3 Å². The van der Waals surface area contributed by atoms with Crippen LogP contribution < -0.4 is 4.74 Å². The Morgan fingerprint density at radius 3 is 2.30 bits per heavy atom. The number of amides is 2. The molecular weight excluding hydrogens is 314 g/mol. The molecule has 5 heteroatoms. The number of rotatable bonds is 4. The predicted molar refractivity (Wildman–Crippen MR) is 87.8 cm³/mol. The second-order valence-corrected chi connectivity index (χ2v) is 5.45. The maximum Gasteiger partial charge on any atom is 0.273 e. The van der Waals surface area contributed by atoms with Gasteiger partial charge in [-0.1, -0.05) is 60.1 Å². The van der Waals surface area contributed by atoms with Crippen LogP contribution >= 0.6 is 11.6 Å². The molecule has 23 heavy (non-hydrogen) atoms. The molecule has 1 heterocycles. The van der Waals surface area contributed by atoms with Crippen molar-refractivity contribution in [2.24, 2.45) is 0 Å². The van der Waals surface area contributed by atoms with Crippen molar-refractivity contribution in [3.05, 3.63) is 70.8 Å². The predicted octanol–water partition coefficient (Wildman–Crippen LogP) is 3.21. The molecule has 0 unspecified atom stereocenters. The van der Waals surface area contributed by atoms with Crippen LogP contribution in [0.5, 0.6) is 5.75 Å². The molecule has 0 atom stereocenters.